The van der Waals surface area contributed by atoms with E-state index < -0.39 is 0 Å². The number of aryl methyl sites for hydroxylation is 1. The number of likely N-dealkylation sites (tertiary alicyclic amines) is 1. The molecule has 1 aliphatic rings. The van der Waals surface area contributed by atoms with Gasteiger partial charge < -0.3 is 18.7 Å². The third-order valence-corrected chi connectivity index (χ3v) is 4.71. The minimum absolute atomic E-state index is 0.0349. The van der Waals surface area contributed by atoms with Crippen LogP contribution in [0.15, 0.2) is 23.0 Å². The van der Waals surface area contributed by atoms with Crippen molar-refractivity contribution in [2.45, 2.75) is 45.1 Å². The summed E-state index contributed by atoms with van der Waals surface area (Å²) in [6.07, 6.45) is 7.45. The first-order chi connectivity index (χ1) is 12.2. The number of ether oxygens (including phenoxy) is 1. The van der Waals surface area contributed by atoms with Crippen LogP contribution >= 0.6 is 0 Å². The average molecular weight is 346 g/mol. The fraction of sp³-hybridized carbons (Fsp3) is 0.611. The van der Waals surface area contributed by atoms with Crippen molar-refractivity contribution in [3.8, 4) is 0 Å². The number of nitrogens with zero attached hydrogens (tertiary/aromatic N) is 4. The number of hydrogen-bond acceptors (Lipinski definition) is 5. The number of methoxy groups -OCH3 is 1. The SMILES string of the molecule is CCCc1cc(C(=O)N2CCC(c3nccn3CCOC)CC2)no1. The lowest BCUT2D eigenvalue weighted by molar-refractivity contribution is 0.0699. The molecular formula is C18H26N4O3. The minimum Gasteiger partial charge on any atom is -0.383 e. The topological polar surface area (TPSA) is 73.4 Å². The highest BCUT2D eigenvalue weighted by molar-refractivity contribution is 5.92. The Morgan fingerprint density at radius 2 is 2.20 bits per heavy atom. The first kappa shape index (κ1) is 17.7. The van der Waals surface area contributed by atoms with Crippen molar-refractivity contribution in [2.75, 3.05) is 26.8 Å². The van der Waals surface area contributed by atoms with Crippen LogP contribution in [0, 0.1) is 0 Å². The average Bonchev–Trinajstić information content (AvgIpc) is 3.29. The van der Waals surface area contributed by atoms with Gasteiger partial charge in [-0.3, -0.25) is 4.79 Å². The first-order valence-electron chi connectivity index (χ1n) is 8.97. The van der Waals surface area contributed by atoms with E-state index in [1.165, 1.54) is 0 Å². The summed E-state index contributed by atoms with van der Waals surface area (Å²) >= 11 is 0. The number of rotatable bonds is 7. The van der Waals surface area contributed by atoms with Crippen molar-refractivity contribution >= 4 is 5.91 Å². The number of aromatic nitrogens is 3. The summed E-state index contributed by atoms with van der Waals surface area (Å²) < 4.78 is 12.5. The van der Waals surface area contributed by atoms with E-state index in [1.807, 2.05) is 17.3 Å². The molecule has 0 saturated carbocycles. The van der Waals surface area contributed by atoms with Crippen LogP contribution in [0.5, 0.6) is 0 Å². The van der Waals surface area contributed by atoms with Gasteiger partial charge in [0.25, 0.3) is 5.91 Å². The largest absolute Gasteiger partial charge is 0.383 e. The molecule has 136 valence electrons. The molecule has 2 aromatic rings. The standard InChI is InChI=1S/C18H26N4O3/c1-3-4-15-13-16(20-25-15)18(23)22-8-5-14(6-9-22)17-19-7-10-21(17)11-12-24-2/h7,10,13-14H,3-6,8-9,11-12H2,1-2H3. The Kier molecular flexibility index (Phi) is 5.86. The number of hydrogen-bond donors (Lipinski definition) is 0. The van der Waals surface area contributed by atoms with Gasteiger partial charge in [-0.2, -0.15) is 0 Å². The summed E-state index contributed by atoms with van der Waals surface area (Å²) in [6.45, 7) is 5.00. The lowest BCUT2D eigenvalue weighted by Gasteiger charge is -2.31. The molecule has 1 saturated heterocycles. The summed E-state index contributed by atoms with van der Waals surface area (Å²) in [4.78, 5) is 19.0. The third-order valence-electron chi connectivity index (χ3n) is 4.71. The lowest BCUT2D eigenvalue weighted by atomic mass is 9.95. The van der Waals surface area contributed by atoms with Gasteiger partial charge in [0, 0.05) is 57.5 Å². The maximum Gasteiger partial charge on any atom is 0.276 e. The Labute approximate surface area is 148 Å². The summed E-state index contributed by atoms with van der Waals surface area (Å²) in [7, 11) is 1.70. The maximum atomic E-state index is 12.6. The molecule has 3 rings (SSSR count). The van der Waals surface area contributed by atoms with Gasteiger partial charge in [-0.25, -0.2) is 4.98 Å². The Bertz CT molecular complexity index is 686. The van der Waals surface area contributed by atoms with E-state index in [0.29, 0.717) is 18.2 Å². The molecule has 1 amide bonds. The van der Waals surface area contributed by atoms with Gasteiger partial charge in [0.15, 0.2) is 5.69 Å². The quantitative estimate of drug-likeness (QED) is 0.770. The smallest absolute Gasteiger partial charge is 0.276 e. The zero-order valence-corrected chi connectivity index (χ0v) is 15.0. The number of imidazole rings is 1. The molecule has 0 aliphatic carbocycles. The predicted octanol–water partition coefficient (Wildman–Crippen LogP) is 2.49. The second kappa shape index (κ2) is 8.29. The van der Waals surface area contributed by atoms with Crippen molar-refractivity contribution in [1.82, 2.24) is 19.6 Å². The molecule has 0 spiro atoms. The van der Waals surface area contributed by atoms with E-state index in [0.717, 1.165) is 56.9 Å². The Morgan fingerprint density at radius 1 is 1.40 bits per heavy atom. The Morgan fingerprint density at radius 3 is 2.92 bits per heavy atom. The molecule has 0 unspecified atom stereocenters. The molecule has 7 heteroatoms. The predicted molar refractivity (Wildman–Crippen MR) is 92.5 cm³/mol. The van der Waals surface area contributed by atoms with Gasteiger partial charge in [0.2, 0.25) is 0 Å². The van der Waals surface area contributed by atoms with Gasteiger partial charge >= 0.3 is 0 Å². The van der Waals surface area contributed by atoms with Gasteiger partial charge in [-0.15, -0.1) is 0 Å². The third kappa shape index (κ3) is 4.10. The summed E-state index contributed by atoms with van der Waals surface area (Å²) in [5.74, 6) is 2.22. The van der Waals surface area contributed by atoms with E-state index in [9.17, 15) is 4.79 Å². The van der Waals surface area contributed by atoms with Gasteiger partial charge in [0.1, 0.15) is 11.6 Å². The second-order valence-corrected chi connectivity index (χ2v) is 6.47. The van der Waals surface area contributed by atoms with Crippen molar-refractivity contribution in [3.63, 3.8) is 0 Å². The summed E-state index contributed by atoms with van der Waals surface area (Å²) in [6, 6.07) is 1.77. The normalized spacial score (nSPS) is 15.7. The number of carbonyl (C=O) groups is 1. The fourth-order valence-electron chi connectivity index (χ4n) is 3.34. The highest BCUT2D eigenvalue weighted by atomic mass is 16.5. The van der Waals surface area contributed by atoms with Crippen LogP contribution in [0.1, 0.15) is 54.2 Å². The molecular weight excluding hydrogens is 320 g/mol. The molecule has 1 fully saturated rings. The molecule has 0 aromatic carbocycles. The van der Waals surface area contributed by atoms with Gasteiger partial charge in [-0.1, -0.05) is 12.1 Å². The Hall–Kier alpha value is -2.15. The van der Waals surface area contributed by atoms with Crippen LogP contribution in [-0.2, 0) is 17.7 Å². The highest BCUT2D eigenvalue weighted by Gasteiger charge is 2.28. The van der Waals surface area contributed by atoms with Crippen molar-refractivity contribution in [2.24, 2.45) is 0 Å². The summed E-state index contributed by atoms with van der Waals surface area (Å²) in [5.41, 5.74) is 0.420. The number of amides is 1. The molecule has 0 radical (unpaired) electrons. The summed E-state index contributed by atoms with van der Waals surface area (Å²) in [5, 5.41) is 3.93. The molecule has 1 aliphatic heterocycles. The lowest BCUT2D eigenvalue weighted by Crippen LogP contribution is -2.38. The number of carbonyl (C=O) groups excluding carboxylic acids is 1. The van der Waals surface area contributed by atoms with Crippen LogP contribution in [0.4, 0.5) is 0 Å². The monoisotopic (exact) mass is 346 g/mol. The van der Waals surface area contributed by atoms with E-state index in [2.05, 4.69) is 21.6 Å². The Balaban J connectivity index is 1.58. The molecule has 0 atom stereocenters. The van der Waals surface area contributed by atoms with Crippen LogP contribution < -0.4 is 0 Å². The van der Waals surface area contributed by atoms with Crippen LogP contribution in [-0.4, -0.2) is 52.3 Å². The van der Waals surface area contributed by atoms with E-state index in [1.54, 1.807) is 13.2 Å². The molecule has 3 heterocycles. The molecule has 7 nitrogen and oxygen atoms in total. The molecule has 25 heavy (non-hydrogen) atoms. The van der Waals surface area contributed by atoms with Gasteiger partial charge in [0.05, 0.1) is 6.61 Å². The first-order valence-corrected chi connectivity index (χ1v) is 8.97. The van der Waals surface area contributed by atoms with E-state index in [4.69, 9.17) is 9.26 Å². The number of piperidine rings is 1. The zero-order valence-electron chi connectivity index (χ0n) is 15.0. The van der Waals surface area contributed by atoms with Gasteiger partial charge in [-0.05, 0) is 19.3 Å². The van der Waals surface area contributed by atoms with E-state index in [-0.39, 0.29) is 5.91 Å². The van der Waals surface area contributed by atoms with Crippen molar-refractivity contribution < 1.29 is 14.1 Å². The fourth-order valence-corrected chi connectivity index (χ4v) is 3.34. The molecule has 0 bridgehead atoms. The minimum atomic E-state index is -0.0349. The molecule has 2 aromatic heterocycles. The van der Waals surface area contributed by atoms with Crippen LogP contribution in [0.25, 0.3) is 0 Å². The van der Waals surface area contributed by atoms with Crippen molar-refractivity contribution in [1.29, 1.82) is 0 Å². The zero-order chi connectivity index (χ0) is 17.6. The van der Waals surface area contributed by atoms with E-state index >= 15 is 0 Å². The molecule has 0 N–H and O–H groups in total. The van der Waals surface area contributed by atoms with Crippen LogP contribution in [0.3, 0.4) is 0 Å². The highest BCUT2D eigenvalue weighted by Crippen LogP contribution is 2.27. The maximum absolute atomic E-state index is 12.6. The van der Waals surface area contributed by atoms with Crippen molar-refractivity contribution in [3.05, 3.63) is 35.7 Å². The second-order valence-electron chi connectivity index (χ2n) is 6.47. The van der Waals surface area contributed by atoms with Crippen LogP contribution in [0.2, 0.25) is 0 Å².